The number of hydrogen-bond acceptors (Lipinski definition) is 30. The van der Waals surface area contributed by atoms with Crippen LogP contribution in [0, 0.1) is 0 Å². The Kier molecular flexibility index (Phi) is 20.2. The standard InChI is InChI=1S/C62H65N15O18S5/c1-23(65-61(63)87)49(80)64-14-28-18-96-57(66-28)43-37(79)12-29-42(72-43)32-19-98-55(68-32)31-17-93-59(85)45-30-16-91-46(47(95-38-13-62(5,88)48(76(6)7)26(4)94-38)60(86)92-15-27-10-9-11-36(39(27)30)77(45)89)44(58-71-33(21-100-58)50(81)67-31)75-52(83)35-22-99-56(70-35)41(25(3)90-8)74-53(84)40(24(2)78)73-51(82)34-20-97-54(29)69-34/h9-12,18-24,26,31,38,40,44,46-48,78-79,88-89H,13-17H2,1-8H3,(H,64,80)(H,67,81)(H,73,82)(H,74,84)(H,75,83)(H3,63,65,87)/b41-25+. The highest BCUT2D eigenvalue weighted by molar-refractivity contribution is 7.14. The van der Waals surface area contributed by atoms with Gasteiger partial charge in [-0.2, -0.15) is 4.73 Å². The molecule has 0 aliphatic carbocycles. The number of aromatic hydroxyl groups is 1. The molecule has 12 bridgehead atoms. The molecule has 38 heteroatoms. The second kappa shape index (κ2) is 28.6. The Labute approximate surface area is 587 Å². The summed E-state index contributed by atoms with van der Waals surface area (Å²) in [4.78, 5) is 144. The maximum absolute atomic E-state index is 15.2. The molecule has 7 aromatic heterocycles. The summed E-state index contributed by atoms with van der Waals surface area (Å²) in [7, 11) is 4.85. The van der Waals surface area contributed by atoms with Gasteiger partial charge in [-0.1, -0.05) is 12.1 Å². The van der Waals surface area contributed by atoms with Gasteiger partial charge >= 0.3 is 18.0 Å². The number of fused-ring (bicyclic) bond motifs is 15. The first-order valence-electron chi connectivity index (χ1n) is 30.7. The second-order valence-corrected chi connectivity index (χ2v) is 28.4. The summed E-state index contributed by atoms with van der Waals surface area (Å²) in [5.74, 6) is -6.83. The molecule has 11 unspecified atom stereocenters. The van der Waals surface area contributed by atoms with Gasteiger partial charge < -0.3 is 91.5 Å². The highest BCUT2D eigenvalue weighted by Crippen LogP contribution is 2.43. The number of hydrogen-bond donors (Lipinski definition) is 11. The summed E-state index contributed by atoms with van der Waals surface area (Å²) < 4.78 is 38.3. The van der Waals surface area contributed by atoms with Crippen LogP contribution >= 0.6 is 56.7 Å². The fourth-order valence-corrected chi connectivity index (χ4v) is 16.3. The summed E-state index contributed by atoms with van der Waals surface area (Å²) in [6.45, 7) is 5.61. The minimum atomic E-state index is -1.91. The van der Waals surface area contributed by atoms with Crippen LogP contribution in [-0.4, -0.2) is 190 Å². The Morgan fingerprint density at radius 1 is 0.850 bits per heavy atom. The van der Waals surface area contributed by atoms with Gasteiger partial charge in [-0.15, -0.1) is 56.7 Å². The van der Waals surface area contributed by atoms with E-state index in [9.17, 15) is 44.5 Å². The van der Waals surface area contributed by atoms with Crippen LogP contribution in [0.3, 0.4) is 0 Å². The molecule has 0 radical (unpaired) electrons. The number of amides is 7. The number of likely N-dealkylation sites (N-methyl/N-ethyl adjacent to an activating group) is 1. The number of rotatable bonds is 10. The second-order valence-electron chi connectivity index (χ2n) is 24.1. The zero-order chi connectivity index (χ0) is 71.3. The predicted molar refractivity (Wildman–Crippen MR) is 358 cm³/mol. The van der Waals surface area contributed by atoms with E-state index < -0.39 is 145 Å². The van der Waals surface area contributed by atoms with Crippen molar-refractivity contribution in [3.63, 3.8) is 0 Å². The number of esters is 2. The number of pyridine rings is 1. The molecule has 526 valence electrons. The minimum absolute atomic E-state index is 0.0126. The molecule has 0 saturated carbocycles. The molecule has 0 spiro atoms. The number of benzene rings is 1. The number of carbonyl (C=O) groups excluding carboxylic acids is 8. The zero-order valence-corrected chi connectivity index (χ0v) is 58.3. The van der Waals surface area contributed by atoms with Crippen LogP contribution in [0.2, 0.25) is 0 Å². The number of nitrogens with zero attached hydrogens (tertiary/aromatic N) is 8. The van der Waals surface area contributed by atoms with Crippen LogP contribution in [0.25, 0.3) is 49.3 Å². The van der Waals surface area contributed by atoms with Gasteiger partial charge in [-0.25, -0.2) is 44.3 Å². The number of carbonyl (C=O) groups is 8. The third kappa shape index (κ3) is 14.2. The van der Waals surface area contributed by atoms with Crippen molar-refractivity contribution in [2.75, 3.05) is 27.8 Å². The van der Waals surface area contributed by atoms with Crippen molar-refractivity contribution in [3.8, 4) is 38.4 Å². The van der Waals surface area contributed by atoms with Crippen LogP contribution in [-0.2, 0) is 62.6 Å². The number of cyclic esters (lactones) is 2. The molecule has 4 aliphatic heterocycles. The number of thiazole rings is 5. The van der Waals surface area contributed by atoms with Crippen LogP contribution < -0.4 is 37.6 Å². The molecule has 33 nitrogen and oxygen atoms in total. The van der Waals surface area contributed by atoms with E-state index in [-0.39, 0.29) is 106 Å². The first kappa shape index (κ1) is 70.4. The Bertz CT molecular complexity index is 4590. The highest BCUT2D eigenvalue weighted by atomic mass is 32.1. The number of urea groups is 1. The molecule has 1 aromatic carbocycles. The predicted octanol–water partition coefficient (Wildman–Crippen LogP) is 3.84. The molecular weight excluding hydrogens is 1400 g/mol. The topological polar surface area (TPSA) is 457 Å². The van der Waals surface area contributed by atoms with Gasteiger partial charge in [-0.3, -0.25) is 24.0 Å². The SMILES string of the molecule is CO/C(C)=C1/NC(=O)C(C(C)O)NC(=O)c2csc(n2)-c2cc(O)c(-c3nc(CNC(=O)C(C)NC(N)=O)cs3)nc2-c2csc(n2)C2COC(=O)c3c4c5c(cccc5n3O)COC(=O)C(OC3CC(C)(O)C(N(C)C)C(C)O3)C(OC4)C(NC(=O)c3csc1n3)c1nc(cs1)C(=O)N2. The minimum Gasteiger partial charge on any atom is -0.506 e. The molecule has 100 heavy (non-hydrogen) atoms. The Morgan fingerprint density at radius 2 is 1.52 bits per heavy atom. The lowest BCUT2D eigenvalue weighted by Gasteiger charge is -2.48. The summed E-state index contributed by atoms with van der Waals surface area (Å²) in [6.07, 6.45) is -7.53. The molecular formula is C62H65N15O18S5. The average Bonchev–Trinajstić information content (AvgIpc) is 1.59. The van der Waals surface area contributed by atoms with Crippen molar-refractivity contribution in [2.45, 2.75) is 127 Å². The number of ether oxygens (including phenoxy) is 6. The molecule has 1 fully saturated rings. The number of nitrogens with one attached hydrogen (secondary N) is 6. The van der Waals surface area contributed by atoms with E-state index in [2.05, 4.69) is 46.9 Å². The monoisotopic (exact) mass is 1470 g/mol. The number of allylic oxidation sites excluding steroid dienone is 1. The lowest BCUT2D eigenvalue weighted by Crippen LogP contribution is -2.62. The van der Waals surface area contributed by atoms with Crippen molar-refractivity contribution in [1.29, 1.82) is 0 Å². The zero-order valence-electron chi connectivity index (χ0n) is 54.2. The quantitative estimate of drug-likeness (QED) is 0.0526. The van der Waals surface area contributed by atoms with Crippen molar-refractivity contribution in [1.82, 2.24) is 71.4 Å². The van der Waals surface area contributed by atoms with Gasteiger partial charge in [0.25, 0.3) is 17.7 Å². The van der Waals surface area contributed by atoms with Crippen LogP contribution in [0.15, 0.2) is 56.9 Å². The van der Waals surface area contributed by atoms with E-state index in [1.165, 1.54) is 56.2 Å². The number of nitrogens with two attached hydrogens (primary N) is 1. The van der Waals surface area contributed by atoms with E-state index in [0.717, 1.165) is 56.7 Å². The van der Waals surface area contributed by atoms with Gasteiger partial charge in [-0.05, 0) is 66.4 Å². The summed E-state index contributed by atoms with van der Waals surface area (Å²) in [6, 6.07) is -1.14. The summed E-state index contributed by atoms with van der Waals surface area (Å²) >= 11 is 4.70. The molecule has 12 N–H and O–H groups in total. The molecule has 12 rings (SSSR count). The summed E-state index contributed by atoms with van der Waals surface area (Å²) in [5, 5.41) is 70.9. The number of aliphatic hydroxyl groups excluding tert-OH is 1. The van der Waals surface area contributed by atoms with Gasteiger partial charge in [0.15, 0.2) is 18.1 Å². The lowest BCUT2D eigenvalue weighted by molar-refractivity contribution is -0.280. The summed E-state index contributed by atoms with van der Waals surface area (Å²) in [5.41, 5.74) is 3.23. The van der Waals surface area contributed by atoms with Gasteiger partial charge in [0.1, 0.15) is 120 Å². The Morgan fingerprint density at radius 3 is 2.24 bits per heavy atom. The van der Waals surface area contributed by atoms with E-state index in [0.29, 0.717) is 16.0 Å². The fraction of sp³-hybridized carbons (Fsp3) is 0.387. The van der Waals surface area contributed by atoms with E-state index in [1.807, 2.05) is 0 Å². The fourth-order valence-electron chi connectivity index (χ4n) is 12.1. The molecule has 8 aromatic rings. The van der Waals surface area contributed by atoms with Crippen LogP contribution in [0.5, 0.6) is 5.75 Å². The molecule has 1 saturated heterocycles. The largest absolute Gasteiger partial charge is 0.506 e. The van der Waals surface area contributed by atoms with Crippen molar-refractivity contribution in [3.05, 3.63) is 112 Å². The molecule has 11 heterocycles. The average molecular weight is 1470 g/mol. The number of aromatic nitrogens is 7. The maximum atomic E-state index is 15.2. The number of aliphatic hydroxyl groups is 2. The first-order chi connectivity index (χ1) is 47.7. The lowest BCUT2D eigenvalue weighted by atomic mass is 9.85. The van der Waals surface area contributed by atoms with Gasteiger partial charge in [0.05, 0.1) is 55.3 Å². The molecule has 7 amide bonds. The molecule has 4 aliphatic rings. The van der Waals surface area contributed by atoms with E-state index in [4.69, 9.17) is 49.1 Å². The van der Waals surface area contributed by atoms with E-state index in [1.54, 1.807) is 55.7 Å². The first-order valence-corrected chi connectivity index (χ1v) is 35.1. The van der Waals surface area contributed by atoms with Gasteiger partial charge in [0.2, 0.25) is 11.8 Å². The molecule has 11 atom stereocenters. The third-order valence-corrected chi connectivity index (χ3v) is 21.3. The van der Waals surface area contributed by atoms with E-state index >= 15 is 14.4 Å². The van der Waals surface area contributed by atoms with Gasteiger partial charge in [0, 0.05) is 49.8 Å². The Balaban J connectivity index is 1.02. The van der Waals surface area contributed by atoms with Crippen LogP contribution in [0.1, 0.15) is 127 Å². The highest BCUT2D eigenvalue weighted by Gasteiger charge is 2.50. The Hall–Kier alpha value is -9.48. The third-order valence-electron chi connectivity index (χ3n) is 16.8. The smallest absolute Gasteiger partial charge is 0.358 e. The van der Waals surface area contributed by atoms with Crippen molar-refractivity contribution < 1.29 is 87.3 Å². The number of primary amides is 1. The van der Waals surface area contributed by atoms with Crippen LogP contribution in [0.4, 0.5) is 4.79 Å². The number of methoxy groups -OCH3 is 1. The van der Waals surface area contributed by atoms with Crippen molar-refractivity contribution >= 4 is 121 Å². The van der Waals surface area contributed by atoms with Crippen molar-refractivity contribution in [2.24, 2.45) is 5.73 Å². The maximum Gasteiger partial charge on any atom is 0.358 e. The normalized spacial score (nSPS) is 24.1.